The highest BCUT2D eigenvalue weighted by Crippen LogP contribution is 2.29. The third kappa shape index (κ3) is 8.92. The highest BCUT2D eigenvalue weighted by atomic mass is 35.5. The molecule has 1 aromatic carbocycles. The Hall–Kier alpha value is -3.84. The first kappa shape index (κ1) is 30.4. The van der Waals surface area contributed by atoms with Gasteiger partial charge in [-0.2, -0.15) is 18.3 Å². The number of alkyl halides is 3. The number of anilines is 1. The van der Waals surface area contributed by atoms with E-state index in [0.29, 0.717) is 16.9 Å². The Balaban J connectivity index is 0.000000352. The van der Waals surface area contributed by atoms with Crippen molar-refractivity contribution in [3.05, 3.63) is 74.8 Å². The molecule has 2 aromatic heterocycles. The van der Waals surface area contributed by atoms with Gasteiger partial charge in [-0.3, -0.25) is 9.59 Å². The zero-order valence-electron chi connectivity index (χ0n) is 20.2. The summed E-state index contributed by atoms with van der Waals surface area (Å²) in [5, 5.41) is 13.9. The first-order chi connectivity index (χ1) is 18.0. The molecule has 3 aromatic rings. The largest absolute Gasteiger partial charge is 0.423 e. The van der Waals surface area contributed by atoms with E-state index in [0.717, 1.165) is 32.0 Å². The molecule has 0 atom stereocenters. The molecule has 0 fully saturated rings. The standard InChI is InChI=1S/C19H21ClFN3O2.C5H4F3N3O/c1-24(6-3-2-4-8-25)7-5-14-9-17(18(21)10-15(14)13-26)19-22-11-16(20)12-23-19;6-5(7,8)3-2(9)1-10-11-4(3)12/h5,7,9-13,25H,2-4,6,8H2,1H3;1H,(H3,9,11,12)/b7-5-;. The monoisotopic (exact) mass is 556 g/mol. The zero-order chi connectivity index (χ0) is 28.3. The van der Waals surface area contributed by atoms with E-state index in [4.69, 9.17) is 22.4 Å². The van der Waals surface area contributed by atoms with Crippen LogP contribution in [0.1, 0.15) is 40.7 Å². The van der Waals surface area contributed by atoms with Crippen molar-refractivity contribution in [3.63, 3.8) is 0 Å². The summed E-state index contributed by atoms with van der Waals surface area (Å²) in [6.07, 6.45) is 5.70. The number of rotatable bonds is 9. The van der Waals surface area contributed by atoms with Gasteiger partial charge in [-0.05, 0) is 49.2 Å². The third-order valence-corrected chi connectivity index (χ3v) is 5.20. The summed E-state index contributed by atoms with van der Waals surface area (Å²) in [6, 6.07) is 2.74. The summed E-state index contributed by atoms with van der Waals surface area (Å²) < 4.78 is 50.3. The number of benzene rings is 1. The SMILES string of the molecule is CN(/C=C\c1cc(-c2ncc(Cl)cn2)c(F)cc1C=O)CCCCCO.Nc1cn[nH]c(=O)c1C(F)(F)F. The minimum absolute atomic E-state index is 0.202. The van der Waals surface area contributed by atoms with Gasteiger partial charge in [0.25, 0.3) is 5.56 Å². The Morgan fingerprint density at radius 1 is 1.13 bits per heavy atom. The van der Waals surface area contributed by atoms with Crippen LogP contribution in [-0.2, 0) is 6.18 Å². The fourth-order valence-electron chi connectivity index (χ4n) is 3.11. The Kier molecular flexibility index (Phi) is 11.3. The van der Waals surface area contributed by atoms with Gasteiger partial charge in [0.1, 0.15) is 11.4 Å². The lowest BCUT2D eigenvalue weighted by atomic mass is 10.0. The van der Waals surface area contributed by atoms with Crippen LogP contribution in [0, 0.1) is 5.82 Å². The second-order valence-electron chi connectivity index (χ2n) is 7.91. The number of H-pyrrole nitrogens is 1. The van der Waals surface area contributed by atoms with Gasteiger partial charge in [0.15, 0.2) is 12.1 Å². The number of aromatic amines is 1. The molecule has 0 saturated carbocycles. The van der Waals surface area contributed by atoms with E-state index in [1.165, 1.54) is 18.5 Å². The molecular weight excluding hydrogens is 532 g/mol. The summed E-state index contributed by atoms with van der Waals surface area (Å²) in [5.41, 5.74) is 2.54. The van der Waals surface area contributed by atoms with Gasteiger partial charge in [0, 0.05) is 38.2 Å². The average Bonchev–Trinajstić information content (AvgIpc) is 2.86. The molecule has 0 aliphatic heterocycles. The number of aliphatic hydroxyl groups is 1. The predicted molar refractivity (Wildman–Crippen MR) is 135 cm³/mol. The van der Waals surface area contributed by atoms with E-state index in [1.54, 1.807) is 17.2 Å². The number of nitrogens with zero attached hydrogens (tertiary/aromatic N) is 4. The number of aldehydes is 1. The van der Waals surface area contributed by atoms with Crippen molar-refractivity contribution in [2.45, 2.75) is 25.4 Å². The maximum atomic E-state index is 14.3. The fourth-order valence-corrected chi connectivity index (χ4v) is 3.21. The number of aliphatic hydroxyl groups excluding tert-OH is 1. The van der Waals surface area contributed by atoms with Gasteiger partial charge in [-0.25, -0.2) is 19.5 Å². The molecule has 0 aliphatic carbocycles. The molecule has 0 bridgehead atoms. The van der Waals surface area contributed by atoms with Crippen LogP contribution in [0.5, 0.6) is 0 Å². The van der Waals surface area contributed by atoms with Crippen LogP contribution in [0.25, 0.3) is 17.5 Å². The van der Waals surface area contributed by atoms with E-state index in [1.807, 2.05) is 18.1 Å². The molecule has 0 spiro atoms. The van der Waals surface area contributed by atoms with Gasteiger partial charge in [-0.1, -0.05) is 11.6 Å². The molecular formula is C24H25ClF4N6O3. The average molecular weight is 557 g/mol. The fraction of sp³-hybridized carbons (Fsp3) is 0.292. The Bertz CT molecular complexity index is 1300. The lowest BCUT2D eigenvalue weighted by Gasteiger charge is -2.14. The van der Waals surface area contributed by atoms with Crippen LogP contribution in [0.4, 0.5) is 23.2 Å². The van der Waals surface area contributed by atoms with Crippen LogP contribution < -0.4 is 11.3 Å². The van der Waals surface area contributed by atoms with Crippen molar-refractivity contribution in [2.75, 3.05) is 25.9 Å². The van der Waals surface area contributed by atoms with Crippen molar-refractivity contribution >= 4 is 29.7 Å². The van der Waals surface area contributed by atoms with Crippen LogP contribution >= 0.6 is 11.6 Å². The molecule has 4 N–H and O–H groups in total. The maximum Gasteiger partial charge on any atom is 0.423 e. The molecule has 3 rings (SSSR count). The molecule has 0 amide bonds. The van der Waals surface area contributed by atoms with E-state index >= 15 is 0 Å². The number of aromatic nitrogens is 4. The van der Waals surface area contributed by atoms with Crippen LogP contribution in [-0.4, -0.2) is 56.7 Å². The molecule has 14 heteroatoms. The number of unbranched alkanes of at least 4 members (excludes halogenated alkanes) is 2. The minimum Gasteiger partial charge on any atom is -0.397 e. The Labute approximate surface area is 220 Å². The van der Waals surface area contributed by atoms with Crippen LogP contribution in [0.15, 0.2) is 41.7 Å². The number of carbonyl (C=O) groups is 1. The highest BCUT2D eigenvalue weighted by Gasteiger charge is 2.36. The third-order valence-electron chi connectivity index (χ3n) is 5.01. The van der Waals surface area contributed by atoms with E-state index in [9.17, 15) is 27.2 Å². The summed E-state index contributed by atoms with van der Waals surface area (Å²) in [4.78, 5) is 31.9. The molecule has 0 radical (unpaired) electrons. The zero-order valence-corrected chi connectivity index (χ0v) is 20.9. The lowest BCUT2D eigenvalue weighted by Crippen LogP contribution is -2.24. The van der Waals surface area contributed by atoms with Gasteiger partial charge < -0.3 is 15.7 Å². The number of nitrogens with one attached hydrogen (secondary N) is 1. The first-order valence-corrected chi connectivity index (χ1v) is 11.5. The van der Waals surface area contributed by atoms with E-state index in [-0.39, 0.29) is 23.6 Å². The molecule has 0 aliphatic rings. The van der Waals surface area contributed by atoms with Crippen molar-refractivity contribution in [1.82, 2.24) is 25.1 Å². The second kappa shape index (κ2) is 14.2. The number of hydrogen-bond acceptors (Lipinski definition) is 8. The molecule has 0 unspecified atom stereocenters. The Morgan fingerprint density at radius 3 is 2.37 bits per heavy atom. The Morgan fingerprint density at radius 2 is 1.82 bits per heavy atom. The van der Waals surface area contributed by atoms with Crippen molar-refractivity contribution in [1.29, 1.82) is 0 Å². The topological polar surface area (TPSA) is 138 Å². The summed E-state index contributed by atoms with van der Waals surface area (Å²) in [5.74, 6) is -0.361. The predicted octanol–water partition coefficient (Wildman–Crippen LogP) is 4.18. The summed E-state index contributed by atoms with van der Waals surface area (Å²) in [6.45, 7) is 1.02. The highest BCUT2D eigenvalue weighted by molar-refractivity contribution is 6.30. The lowest BCUT2D eigenvalue weighted by molar-refractivity contribution is -0.138. The van der Waals surface area contributed by atoms with E-state index < -0.39 is 28.8 Å². The maximum absolute atomic E-state index is 14.3. The van der Waals surface area contributed by atoms with Gasteiger partial charge >= 0.3 is 6.18 Å². The molecule has 38 heavy (non-hydrogen) atoms. The van der Waals surface area contributed by atoms with Crippen LogP contribution in [0.2, 0.25) is 5.02 Å². The number of nitrogens with two attached hydrogens (primary N) is 1. The minimum atomic E-state index is -4.74. The molecule has 0 saturated heterocycles. The molecule has 2 heterocycles. The van der Waals surface area contributed by atoms with Crippen molar-refractivity contribution in [2.24, 2.45) is 0 Å². The number of halogens is 5. The number of nitrogen functional groups attached to an aromatic ring is 1. The molecule has 204 valence electrons. The quantitative estimate of drug-likeness (QED) is 0.203. The normalized spacial score (nSPS) is 11.2. The van der Waals surface area contributed by atoms with Gasteiger partial charge in [-0.15, -0.1) is 0 Å². The smallest absolute Gasteiger partial charge is 0.397 e. The number of carbonyl (C=O) groups excluding carboxylic acids is 1. The van der Waals surface area contributed by atoms with Crippen LogP contribution in [0.3, 0.4) is 0 Å². The first-order valence-electron chi connectivity index (χ1n) is 11.1. The van der Waals surface area contributed by atoms with Gasteiger partial charge in [0.05, 0.1) is 22.5 Å². The summed E-state index contributed by atoms with van der Waals surface area (Å²) in [7, 11) is 1.92. The van der Waals surface area contributed by atoms with Crippen molar-refractivity contribution < 1.29 is 27.5 Å². The van der Waals surface area contributed by atoms with E-state index in [2.05, 4.69) is 15.1 Å². The number of hydrogen-bond donors (Lipinski definition) is 3. The second-order valence-corrected chi connectivity index (χ2v) is 8.35. The van der Waals surface area contributed by atoms with Gasteiger partial charge in [0.2, 0.25) is 0 Å². The summed E-state index contributed by atoms with van der Waals surface area (Å²) >= 11 is 5.77. The molecule has 9 nitrogen and oxygen atoms in total. The van der Waals surface area contributed by atoms with Crippen molar-refractivity contribution in [3.8, 4) is 11.4 Å².